The van der Waals surface area contributed by atoms with Gasteiger partial charge in [0, 0.05) is 17.8 Å². The van der Waals surface area contributed by atoms with Gasteiger partial charge in [-0.15, -0.1) is 0 Å². The molecule has 14 heavy (non-hydrogen) atoms. The van der Waals surface area contributed by atoms with Crippen LogP contribution >= 0.6 is 0 Å². The molecule has 0 saturated heterocycles. The molecule has 72 valence electrons. The van der Waals surface area contributed by atoms with E-state index in [0.717, 1.165) is 17.8 Å². The molecule has 0 atom stereocenters. The summed E-state index contributed by atoms with van der Waals surface area (Å²) in [5, 5.41) is 12.3. The first-order chi connectivity index (χ1) is 6.84. The van der Waals surface area contributed by atoms with Gasteiger partial charge in [-0.1, -0.05) is 0 Å². The molecule has 2 N–H and O–H groups in total. The zero-order chi connectivity index (χ0) is 9.80. The maximum atomic E-state index is 9.07. The van der Waals surface area contributed by atoms with Crippen molar-refractivity contribution in [1.29, 1.82) is 0 Å². The first-order valence-electron chi connectivity index (χ1n) is 4.38. The van der Waals surface area contributed by atoms with Crippen LogP contribution in [0.2, 0.25) is 0 Å². The lowest BCUT2D eigenvalue weighted by Crippen LogP contribution is -1.97. The molecule has 1 aromatic heterocycles. The molecular weight excluding hydrogens is 178 g/mol. The number of hydrogen-bond donors (Lipinski definition) is 2. The predicted octanol–water partition coefficient (Wildman–Crippen LogP) is 2.60. The minimum Gasteiger partial charge on any atom is -0.508 e. The average Bonchev–Trinajstić information content (AvgIpc) is 2.70. The van der Waals surface area contributed by atoms with E-state index in [4.69, 9.17) is 9.52 Å². The van der Waals surface area contributed by atoms with Crippen molar-refractivity contribution < 1.29 is 9.52 Å². The third kappa shape index (κ3) is 2.07. The van der Waals surface area contributed by atoms with Crippen LogP contribution in [0.15, 0.2) is 47.3 Å². The molecule has 0 aliphatic carbocycles. The summed E-state index contributed by atoms with van der Waals surface area (Å²) in [6, 6.07) is 8.87. The Morgan fingerprint density at radius 1 is 1.14 bits per heavy atom. The summed E-state index contributed by atoms with van der Waals surface area (Å²) in [5.74, 6) is 0.277. The number of aromatic hydroxyl groups is 1. The number of rotatable bonds is 3. The molecular formula is C11H11NO2. The van der Waals surface area contributed by atoms with E-state index in [1.54, 1.807) is 24.7 Å². The normalized spacial score (nSPS) is 10.0. The molecule has 3 nitrogen and oxygen atoms in total. The van der Waals surface area contributed by atoms with E-state index in [2.05, 4.69) is 5.32 Å². The molecule has 0 saturated carbocycles. The lowest BCUT2D eigenvalue weighted by Gasteiger charge is -2.03. The van der Waals surface area contributed by atoms with Gasteiger partial charge in [0.2, 0.25) is 0 Å². The summed E-state index contributed by atoms with van der Waals surface area (Å²) in [6.45, 7) is 0.723. The second-order valence-corrected chi connectivity index (χ2v) is 3.03. The lowest BCUT2D eigenvalue weighted by molar-refractivity contribution is 0.475. The third-order valence-corrected chi connectivity index (χ3v) is 1.94. The summed E-state index contributed by atoms with van der Waals surface area (Å²) in [7, 11) is 0. The highest BCUT2D eigenvalue weighted by Crippen LogP contribution is 2.14. The first-order valence-corrected chi connectivity index (χ1v) is 4.38. The van der Waals surface area contributed by atoms with E-state index in [1.165, 1.54) is 0 Å². The summed E-state index contributed by atoms with van der Waals surface area (Å²) >= 11 is 0. The molecule has 2 rings (SSSR count). The van der Waals surface area contributed by atoms with Crippen LogP contribution in [0.1, 0.15) is 5.56 Å². The molecule has 0 unspecified atom stereocenters. The fourth-order valence-electron chi connectivity index (χ4n) is 1.18. The summed E-state index contributed by atoms with van der Waals surface area (Å²) in [6.07, 6.45) is 3.35. The van der Waals surface area contributed by atoms with Gasteiger partial charge in [-0.2, -0.15) is 0 Å². The number of benzene rings is 1. The van der Waals surface area contributed by atoms with Crippen LogP contribution in [-0.2, 0) is 6.54 Å². The van der Waals surface area contributed by atoms with Crippen LogP contribution in [-0.4, -0.2) is 5.11 Å². The van der Waals surface area contributed by atoms with Crippen molar-refractivity contribution in [2.24, 2.45) is 0 Å². The number of furan rings is 1. The number of hydrogen-bond acceptors (Lipinski definition) is 3. The maximum absolute atomic E-state index is 9.07. The molecule has 0 fully saturated rings. The van der Waals surface area contributed by atoms with Crippen LogP contribution in [0.4, 0.5) is 5.69 Å². The van der Waals surface area contributed by atoms with E-state index in [-0.39, 0.29) is 5.75 Å². The highest BCUT2D eigenvalue weighted by Gasteiger charge is 1.94. The van der Waals surface area contributed by atoms with Gasteiger partial charge in [0.05, 0.1) is 12.5 Å². The number of anilines is 1. The van der Waals surface area contributed by atoms with Gasteiger partial charge in [0.25, 0.3) is 0 Å². The molecule has 1 aromatic carbocycles. The van der Waals surface area contributed by atoms with Crippen LogP contribution in [0.5, 0.6) is 5.75 Å². The fraction of sp³-hybridized carbons (Fsp3) is 0.0909. The topological polar surface area (TPSA) is 45.4 Å². The Balaban J connectivity index is 1.95. The Hall–Kier alpha value is -1.90. The van der Waals surface area contributed by atoms with Gasteiger partial charge in [0.15, 0.2) is 0 Å². The Kier molecular flexibility index (Phi) is 2.40. The smallest absolute Gasteiger partial charge is 0.115 e. The van der Waals surface area contributed by atoms with E-state index in [9.17, 15) is 0 Å². The molecule has 0 radical (unpaired) electrons. The highest BCUT2D eigenvalue weighted by atomic mass is 16.3. The SMILES string of the molecule is Oc1ccc(NCc2ccoc2)cc1. The Labute approximate surface area is 82.0 Å². The molecule has 0 amide bonds. The van der Waals surface area contributed by atoms with Crippen LogP contribution in [0.25, 0.3) is 0 Å². The zero-order valence-corrected chi connectivity index (χ0v) is 7.60. The van der Waals surface area contributed by atoms with Crippen LogP contribution in [0.3, 0.4) is 0 Å². The fourth-order valence-corrected chi connectivity index (χ4v) is 1.18. The quantitative estimate of drug-likeness (QED) is 0.729. The second kappa shape index (κ2) is 3.87. The minimum absolute atomic E-state index is 0.277. The number of phenols is 1. The van der Waals surface area contributed by atoms with Crippen molar-refractivity contribution in [3.63, 3.8) is 0 Å². The summed E-state index contributed by atoms with van der Waals surface area (Å²) in [4.78, 5) is 0. The zero-order valence-electron chi connectivity index (χ0n) is 7.60. The van der Waals surface area contributed by atoms with E-state index < -0.39 is 0 Å². The first kappa shape index (κ1) is 8.69. The van der Waals surface area contributed by atoms with Crippen molar-refractivity contribution in [2.45, 2.75) is 6.54 Å². The Morgan fingerprint density at radius 2 is 1.93 bits per heavy atom. The Morgan fingerprint density at radius 3 is 2.57 bits per heavy atom. The highest BCUT2D eigenvalue weighted by molar-refractivity contribution is 5.46. The average molecular weight is 189 g/mol. The third-order valence-electron chi connectivity index (χ3n) is 1.94. The van der Waals surface area contributed by atoms with Crippen molar-refractivity contribution in [1.82, 2.24) is 0 Å². The molecule has 0 aliphatic rings. The molecule has 3 heteroatoms. The van der Waals surface area contributed by atoms with Crippen molar-refractivity contribution in [3.05, 3.63) is 48.4 Å². The summed E-state index contributed by atoms with van der Waals surface area (Å²) in [5.41, 5.74) is 2.07. The van der Waals surface area contributed by atoms with E-state index in [0.29, 0.717) is 0 Å². The molecule has 1 heterocycles. The van der Waals surface area contributed by atoms with Crippen molar-refractivity contribution >= 4 is 5.69 Å². The number of phenolic OH excluding ortho intramolecular Hbond substituents is 1. The predicted molar refractivity (Wildman–Crippen MR) is 54.1 cm³/mol. The van der Waals surface area contributed by atoms with E-state index >= 15 is 0 Å². The largest absolute Gasteiger partial charge is 0.508 e. The minimum atomic E-state index is 0.277. The lowest BCUT2D eigenvalue weighted by atomic mass is 10.3. The Bertz CT molecular complexity index is 378. The van der Waals surface area contributed by atoms with Crippen LogP contribution < -0.4 is 5.32 Å². The molecule has 0 bridgehead atoms. The van der Waals surface area contributed by atoms with Gasteiger partial charge in [-0.25, -0.2) is 0 Å². The molecule has 0 spiro atoms. The number of nitrogens with one attached hydrogen (secondary N) is 1. The molecule has 0 aliphatic heterocycles. The van der Waals surface area contributed by atoms with Crippen molar-refractivity contribution in [3.8, 4) is 5.75 Å². The molecule has 2 aromatic rings. The van der Waals surface area contributed by atoms with Gasteiger partial charge >= 0.3 is 0 Å². The van der Waals surface area contributed by atoms with Gasteiger partial charge in [0.1, 0.15) is 5.75 Å². The van der Waals surface area contributed by atoms with Crippen molar-refractivity contribution in [2.75, 3.05) is 5.32 Å². The van der Waals surface area contributed by atoms with Crippen LogP contribution in [0, 0.1) is 0 Å². The maximum Gasteiger partial charge on any atom is 0.115 e. The monoisotopic (exact) mass is 189 g/mol. The second-order valence-electron chi connectivity index (χ2n) is 3.03. The van der Waals surface area contributed by atoms with Gasteiger partial charge < -0.3 is 14.8 Å². The standard InChI is InChI=1S/C11H11NO2/c13-11-3-1-10(2-4-11)12-7-9-5-6-14-8-9/h1-6,8,12-13H,7H2. The summed E-state index contributed by atoms with van der Waals surface area (Å²) < 4.78 is 4.94. The van der Waals surface area contributed by atoms with Gasteiger partial charge in [-0.3, -0.25) is 0 Å². The van der Waals surface area contributed by atoms with Gasteiger partial charge in [-0.05, 0) is 30.3 Å². The van der Waals surface area contributed by atoms with E-state index in [1.807, 2.05) is 18.2 Å².